The zero-order valence-electron chi connectivity index (χ0n) is 13.4. The fourth-order valence-electron chi connectivity index (χ4n) is 2.38. The van der Waals surface area contributed by atoms with Gasteiger partial charge in [-0.2, -0.15) is 0 Å². The Balaban J connectivity index is 2.46. The summed E-state index contributed by atoms with van der Waals surface area (Å²) in [7, 11) is 0. The zero-order chi connectivity index (χ0) is 15.8. The fourth-order valence-corrected chi connectivity index (χ4v) is 2.38. The van der Waals surface area contributed by atoms with E-state index >= 15 is 0 Å². The fraction of sp³-hybridized carbons (Fsp3) is 0.333. The molecule has 0 radical (unpaired) electrons. The van der Waals surface area contributed by atoms with Crippen LogP contribution in [-0.2, 0) is 5.41 Å². The van der Waals surface area contributed by atoms with Gasteiger partial charge in [0.05, 0.1) is 17.0 Å². The molecule has 0 fully saturated rings. The van der Waals surface area contributed by atoms with Gasteiger partial charge in [-0.05, 0) is 24.8 Å². The lowest BCUT2D eigenvalue weighted by atomic mass is 9.86. The topological polar surface area (TPSA) is 46.0 Å². The van der Waals surface area contributed by atoms with Gasteiger partial charge in [0.1, 0.15) is 5.76 Å². The maximum atomic E-state index is 9.60. The van der Waals surface area contributed by atoms with Crippen LogP contribution in [0.2, 0.25) is 0 Å². The van der Waals surface area contributed by atoms with Crippen molar-refractivity contribution in [2.75, 3.05) is 0 Å². The maximum absolute atomic E-state index is 9.60. The van der Waals surface area contributed by atoms with Crippen LogP contribution in [0, 0.1) is 13.8 Å². The van der Waals surface area contributed by atoms with Crippen LogP contribution in [-0.4, -0.2) is 15.1 Å². The van der Waals surface area contributed by atoms with Gasteiger partial charge in [0.2, 0.25) is 0 Å². The van der Waals surface area contributed by atoms with Gasteiger partial charge in [-0.25, -0.2) is 9.97 Å². The van der Waals surface area contributed by atoms with Crippen molar-refractivity contribution in [3.63, 3.8) is 0 Å². The largest absolute Gasteiger partial charge is 0.508 e. The zero-order valence-corrected chi connectivity index (χ0v) is 13.4. The molecule has 1 aromatic heterocycles. The van der Waals surface area contributed by atoms with E-state index in [1.807, 2.05) is 26.0 Å². The lowest BCUT2D eigenvalue weighted by Crippen LogP contribution is -2.10. The normalized spacial score (nSPS) is 11.5. The van der Waals surface area contributed by atoms with Crippen LogP contribution in [0.15, 0.2) is 30.8 Å². The monoisotopic (exact) mass is 282 g/mol. The molecule has 0 saturated carbocycles. The summed E-state index contributed by atoms with van der Waals surface area (Å²) in [6.45, 7) is 13.8. The molecule has 1 N–H and O–H groups in total. The van der Waals surface area contributed by atoms with Crippen molar-refractivity contribution in [1.29, 1.82) is 0 Å². The summed E-state index contributed by atoms with van der Waals surface area (Å²) in [6, 6.07) is 8.31. The lowest BCUT2D eigenvalue weighted by Gasteiger charge is -2.19. The van der Waals surface area contributed by atoms with Crippen LogP contribution in [0.5, 0.6) is 0 Å². The van der Waals surface area contributed by atoms with Gasteiger partial charge in [0.25, 0.3) is 0 Å². The summed E-state index contributed by atoms with van der Waals surface area (Å²) >= 11 is 0. The lowest BCUT2D eigenvalue weighted by molar-refractivity contribution is 0.511. The molecule has 1 aromatic carbocycles. The molecule has 0 unspecified atom stereocenters. The number of benzene rings is 1. The van der Waals surface area contributed by atoms with Crippen LogP contribution < -0.4 is 0 Å². The van der Waals surface area contributed by atoms with E-state index in [0.717, 1.165) is 17.0 Å². The van der Waals surface area contributed by atoms with E-state index in [0.29, 0.717) is 11.4 Å². The van der Waals surface area contributed by atoms with Crippen molar-refractivity contribution in [3.8, 4) is 11.4 Å². The van der Waals surface area contributed by atoms with E-state index < -0.39 is 0 Å². The number of aromatic nitrogens is 2. The summed E-state index contributed by atoms with van der Waals surface area (Å²) < 4.78 is 0. The van der Waals surface area contributed by atoms with Crippen molar-refractivity contribution in [2.24, 2.45) is 0 Å². The first kappa shape index (κ1) is 15.2. The van der Waals surface area contributed by atoms with E-state index in [1.54, 1.807) is 0 Å². The molecule has 3 heteroatoms. The highest BCUT2D eigenvalue weighted by molar-refractivity contribution is 5.63. The number of nitrogens with zero attached hydrogens (tertiary/aromatic N) is 2. The second-order valence-corrected chi connectivity index (χ2v) is 6.37. The minimum Gasteiger partial charge on any atom is -0.508 e. The minimum absolute atomic E-state index is 0.0135. The number of aryl methyl sites for hydroxylation is 2. The first-order chi connectivity index (χ1) is 9.70. The smallest absolute Gasteiger partial charge is 0.159 e. The molecule has 0 amide bonds. The highest BCUT2D eigenvalue weighted by Gasteiger charge is 2.15. The number of aliphatic hydroxyl groups is 1. The molecule has 0 bridgehead atoms. The summed E-state index contributed by atoms with van der Waals surface area (Å²) in [4.78, 5) is 8.97. The van der Waals surface area contributed by atoms with Crippen LogP contribution >= 0.6 is 0 Å². The molecule has 0 aliphatic carbocycles. The predicted octanol–water partition coefficient (Wildman–Crippen LogP) is 4.59. The average Bonchev–Trinajstić information content (AvgIpc) is 2.36. The van der Waals surface area contributed by atoms with Crippen molar-refractivity contribution in [2.45, 2.75) is 40.0 Å². The molecule has 0 atom stereocenters. The first-order valence-electron chi connectivity index (χ1n) is 7.04. The highest BCUT2D eigenvalue weighted by atomic mass is 16.3. The Morgan fingerprint density at radius 3 is 1.86 bits per heavy atom. The van der Waals surface area contributed by atoms with Crippen LogP contribution in [0.25, 0.3) is 17.1 Å². The maximum Gasteiger partial charge on any atom is 0.159 e. The Labute approximate surface area is 126 Å². The van der Waals surface area contributed by atoms with E-state index in [9.17, 15) is 5.11 Å². The molecule has 3 nitrogen and oxygen atoms in total. The number of hydrogen-bond donors (Lipinski definition) is 1. The quantitative estimate of drug-likeness (QED) is 0.820. The van der Waals surface area contributed by atoms with Gasteiger partial charge >= 0.3 is 0 Å². The van der Waals surface area contributed by atoms with Crippen molar-refractivity contribution < 1.29 is 5.11 Å². The molecular weight excluding hydrogens is 260 g/mol. The van der Waals surface area contributed by atoms with Gasteiger partial charge < -0.3 is 5.11 Å². The molecule has 0 aliphatic heterocycles. The molecule has 2 rings (SSSR count). The summed E-state index contributed by atoms with van der Waals surface area (Å²) in [6.07, 6.45) is 0. The second kappa shape index (κ2) is 5.32. The number of rotatable bonds is 2. The third-order valence-corrected chi connectivity index (χ3v) is 3.57. The van der Waals surface area contributed by atoms with E-state index in [4.69, 9.17) is 0 Å². The minimum atomic E-state index is 0.0135. The molecular formula is C18H22N2O. The van der Waals surface area contributed by atoms with E-state index in [2.05, 4.69) is 49.5 Å². The third kappa shape index (κ3) is 3.13. The third-order valence-electron chi connectivity index (χ3n) is 3.57. The van der Waals surface area contributed by atoms with E-state index in [1.165, 1.54) is 5.56 Å². The second-order valence-electron chi connectivity index (χ2n) is 6.37. The Hall–Kier alpha value is -2.16. The van der Waals surface area contributed by atoms with Crippen LogP contribution in [0.1, 0.15) is 43.3 Å². The van der Waals surface area contributed by atoms with Crippen LogP contribution in [0.4, 0.5) is 0 Å². The Bertz CT molecular complexity index is 656. The van der Waals surface area contributed by atoms with Gasteiger partial charge in [0.15, 0.2) is 5.82 Å². The molecule has 1 heterocycles. The summed E-state index contributed by atoms with van der Waals surface area (Å²) in [5, 5.41) is 9.60. The van der Waals surface area contributed by atoms with Gasteiger partial charge in [-0.15, -0.1) is 0 Å². The molecule has 2 aromatic rings. The number of aliphatic hydroxyl groups excluding tert-OH is 1. The standard InChI is InChI=1S/C18H22N2O/c1-11-16(13(3)21)12(2)20-17(19-11)14-7-9-15(10-8-14)18(4,5)6/h7-10,21H,3H2,1-2,4-6H3. The summed E-state index contributed by atoms with van der Waals surface area (Å²) in [5.74, 6) is 0.690. The Kier molecular flexibility index (Phi) is 3.86. The van der Waals surface area contributed by atoms with Crippen LogP contribution in [0.3, 0.4) is 0 Å². The molecule has 0 saturated heterocycles. The molecule has 0 spiro atoms. The summed E-state index contributed by atoms with van der Waals surface area (Å²) in [5.41, 5.74) is 4.49. The van der Waals surface area contributed by atoms with Gasteiger partial charge in [-0.3, -0.25) is 0 Å². The number of hydrogen-bond acceptors (Lipinski definition) is 3. The Morgan fingerprint density at radius 2 is 1.48 bits per heavy atom. The predicted molar refractivity (Wildman–Crippen MR) is 87.3 cm³/mol. The van der Waals surface area contributed by atoms with Crippen molar-refractivity contribution in [1.82, 2.24) is 9.97 Å². The van der Waals surface area contributed by atoms with Crippen molar-refractivity contribution >= 4 is 5.76 Å². The highest BCUT2D eigenvalue weighted by Crippen LogP contribution is 2.26. The Morgan fingerprint density at radius 1 is 1.00 bits per heavy atom. The molecule has 21 heavy (non-hydrogen) atoms. The average molecular weight is 282 g/mol. The van der Waals surface area contributed by atoms with Gasteiger partial charge in [-0.1, -0.05) is 51.6 Å². The molecule has 0 aliphatic rings. The first-order valence-corrected chi connectivity index (χ1v) is 7.04. The SMILES string of the molecule is C=C(O)c1c(C)nc(-c2ccc(C(C)(C)C)cc2)nc1C. The van der Waals surface area contributed by atoms with Crippen molar-refractivity contribution in [3.05, 3.63) is 53.4 Å². The molecule has 110 valence electrons. The van der Waals surface area contributed by atoms with Gasteiger partial charge in [0, 0.05) is 5.56 Å². The van der Waals surface area contributed by atoms with E-state index in [-0.39, 0.29) is 11.2 Å².